The topological polar surface area (TPSA) is 0 Å². The molecule has 0 N–H and O–H groups in total. The molecular weight excluding hydrogens is 271 g/mol. The van der Waals surface area contributed by atoms with Crippen LogP contribution in [0.5, 0.6) is 0 Å². The lowest BCUT2D eigenvalue weighted by molar-refractivity contribution is 1.68. The van der Waals surface area contributed by atoms with Crippen molar-refractivity contribution in [2.45, 2.75) is 0 Å². The smallest absolute Gasteiger partial charge is 0.0499 e. The van der Waals surface area contributed by atoms with E-state index in [-0.39, 0.29) is 0 Å². The van der Waals surface area contributed by atoms with Gasteiger partial charge in [-0.15, -0.1) is 11.3 Å². The molecular formula is C14H8Cl2S. The lowest BCUT2D eigenvalue weighted by atomic mass is 10.1. The number of hydrogen-bond acceptors (Lipinski definition) is 1. The first kappa shape index (κ1) is 11.1. The number of halogens is 2. The molecule has 84 valence electrons. The van der Waals surface area contributed by atoms with Crippen molar-refractivity contribution in [1.82, 2.24) is 0 Å². The SMILES string of the molecule is Clc1ccc(-c2csc3cccc(Cl)c23)cc1. The number of thiophene rings is 1. The molecule has 0 aliphatic heterocycles. The lowest BCUT2D eigenvalue weighted by Gasteiger charge is -2.01. The van der Waals surface area contributed by atoms with Gasteiger partial charge in [0.2, 0.25) is 0 Å². The van der Waals surface area contributed by atoms with Crippen LogP contribution in [-0.2, 0) is 0 Å². The Morgan fingerprint density at radius 1 is 0.882 bits per heavy atom. The van der Waals surface area contributed by atoms with E-state index in [4.69, 9.17) is 23.2 Å². The van der Waals surface area contributed by atoms with Crippen LogP contribution in [0.15, 0.2) is 47.8 Å². The molecule has 3 rings (SSSR count). The molecule has 0 bridgehead atoms. The number of rotatable bonds is 1. The molecule has 0 aliphatic carbocycles. The third kappa shape index (κ3) is 1.95. The molecule has 17 heavy (non-hydrogen) atoms. The second kappa shape index (κ2) is 4.34. The summed E-state index contributed by atoms with van der Waals surface area (Å²) in [5.74, 6) is 0. The van der Waals surface area contributed by atoms with Crippen molar-refractivity contribution in [3.63, 3.8) is 0 Å². The molecule has 0 atom stereocenters. The summed E-state index contributed by atoms with van der Waals surface area (Å²) >= 11 is 13.9. The third-order valence-corrected chi connectivity index (χ3v) is 4.22. The first-order chi connectivity index (χ1) is 8.25. The van der Waals surface area contributed by atoms with Gasteiger partial charge in [0.1, 0.15) is 0 Å². The second-order valence-corrected chi connectivity index (χ2v) is 5.52. The summed E-state index contributed by atoms with van der Waals surface area (Å²) in [6, 6.07) is 13.8. The molecule has 0 aliphatic rings. The summed E-state index contributed by atoms with van der Waals surface area (Å²) in [6.07, 6.45) is 0. The first-order valence-corrected chi connectivity index (χ1v) is 6.81. The number of benzene rings is 2. The van der Waals surface area contributed by atoms with Crippen molar-refractivity contribution < 1.29 is 0 Å². The van der Waals surface area contributed by atoms with E-state index in [1.54, 1.807) is 11.3 Å². The van der Waals surface area contributed by atoms with Crippen LogP contribution < -0.4 is 0 Å². The van der Waals surface area contributed by atoms with Crippen LogP contribution in [0, 0.1) is 0 Å². The molecule has 0 amide bonds. The van der Waals surface area contributed by atoms with Crippen molar-refractivity contribution in [3.05, 3.63) is 57.9 Å². The van der Waals surface area contributed by atoms with Crippen LogP contribution >= 0.6 is 34.5 Å². The van der Waals surface area contributed by atoms with E-state index in [9.17, 15) is 0 Å². The van der Waals surface area contributed by atoms with Crippen LogP contribution in [0.2, 0.25) is 10.0 Å². The highest BCUT2D eigenvalue weighted by atomic mass is 35.5. The zero-order valence-electron chi connectivity index (χ0n) is 8.78. The highest BCUT2D eigenvalue weighted by Crippen LogP contribution is 2.38. The van der Waals surface area contributed by atoms with E-state index in [1.807, 2.05) is 36.4 Å². The van der Waals surface area contributed by atoms with E-state index in [1.165, 1.54) is 10.3 Å². The summed E-state index contributed by atoms with van der Waals surface area (Å²) in [5, 5.41) is 4.81. The second-order valence-electron chi connectivity index (χ2n) is 3.77. The van der Waals surface area contributed by atoms with Gasteiger partial charge in [-0.05, 0) is 35.2 Å². The average molecular weight is 279 g/mol. The molecule has 0 saturated heterocycles. The standard InChI is InChI=1S/C14H8Cl2S/c15-10-6-4-9(5-7-10)11-8-17-13-3-1-2-12(16)14(11)13/h1-8H. The van der Waals surface area contributed by atoms with Crippen LogP contribution in [0.3, 0.4) is 0 Å². The minimum atomic E-state index is 0.749. The van der Waals surface area contributed by atoms with Gasteiger partial charge in [-0.2, -0.15) is 0 Å². The van der Waals surface area contributed by atoms with Crippen molar-refractivity contribution in [2.75, 3.05) is 0 Å². The van der Waals surface area contributed by atoms with Gasteiger partial charge in [-0.3, -0.25) is 0 Å². The van der Waals surface area contributed by atoms with Crippen molar-refractivity contribution in [1.29, 1.82) is 0 Å². The maximum atomic E-state index is 6.27. The fourth-order valence-electron chi connectivity index (χ4n) is 1.89. The van der Waals surface area contributed by atoms with Gasteiger partial charge in [-0.25, -0.2) is 0 Å². The molecule has 2 aromatic carbocycles. The largest absolute Gasteiger partial charge is 0.143 e. The zero-order valence-corrected chi connectivity index (χ0v) is 11.1. The predicted molar refractivity (Wildman–Crippen MR) is 77.3 cm³/mol. The summed E-state index contributed by atoms with van der Waals surface area (Å²) in [6.45, 7) is 0. The van der Waals surface area contributed by atoms with E-state index in [0.29, 0.717) is 0 Å². The Morgan fingerprint density at radius 3 is 2.41 bits per heavy atom. The van der Waals surface area contributed by atoms with E-state index in [2.05, 4.69) is 11.4 Å². The summed E-state index contributed by atoms with van der Waals surface area (Å²) in [5.41, 5.74) is 2.32. The maximum Gasteiger partial charge on any atom is 0.0499 e. The van der Waals surface area contributed by atoms with Gasteiger partial charge in [0.25, 0.3) is 0 Å². The Labute approximate surface area is 113 Å². The molecule has 1 heterocycles. The molecule has 1 aromatic heterocycles. The minimum absolute atomic E-state index is 0.749. The Hall–Kier alpha value is -1.02. The molecule has 3 aromatic rings. The first-order valence-electron chi connectivity index (χ1n) is 5.17. The van der Waals surface area contributed by atoms with Crippen molar-refractivity contribution in [2.24, 2.45) is 0 Å². The van der Waals surface area contributed by atoms with Crippen LogP contribution in [0.1, 0.15) is 0 Å². The lowest BCUT2D eigenvalue weighted by Crippen LogP contribution is -1.76. The molecule has 0 spiro atoms. The Balaban J connectivity index is 2.27. The number of fused-ring (bicyclic) bond motifs is 1. The van der Waals surface area contributed by atoms with E-state index >= 15 is 0 Å². The van der Waals surface area contributed by atoms with Crippen molar-refractivity contribution in [3.8, 4) is 11.1 Å². The van der Waals surface area contributed by atoms with Gasteiger partial charge >= 0.3 is 0 Å². The van der Waals surface area contributed by atoms with E-state index < -0.39 is 0 Å². The zero-order chi connectivity index (χ0) is 11.8. The van der Waals surface area contributed by atoms with E-state index in [0.717, 1.165) is 21.0 Å². The normalized spacial score (nSPS) is 10.9. The van der Waals surface area contributed by atoms with Gasteiger partial charge in [0.05, 0.1) is 0 Å². The van der Waals surface area contributed by atoms with Gasteiger partial charge in [0.15, 0.2) is 0 Å². The Kier molecular flexibility index (Phi) is 2.83. The molecule has 0 radical (unpaired) electrons. The molecule has 0 saturated carbocycles. The monoisotopic (exact) mass is 278 g/mol. The average Bonchev–Trinajstić information content (AvgIpc) is 2.75. The van der Waals surface area contributed by atoms with Crippen molar-refractivity contribution >= 4 is 44.6 Å². The van der Waals surface area contributed by atoms with Gasteiger partial charge in [0, 0.05) is 25.7 Å². The quantitative estimate of drug-likeness (QED) is 0.522. The van der Waals surface area contributed by atoms with Gasteiger partial charge < -0.3 is 0 Å². The predicted octanol–water partition coefficient (Wildman–Crippen LogP) is 5.88. The highest BCUT2D eigenvalue weighted by Gasteiger charge is 2.09. The molecule has 0 nitrogen and oxygen atoms in total. The minimum Gasteiger partial charge on any atom is -0.143 e. The van der Waals surface area contributed by atoms with Crippen LogP contribution in [0.4, 0.5) is 0 Å². The Morgan fingerprint density at radius 2 is 1.65 bits per heavy atom. The van der Waals surface area contributed by atoms with Crippen LogP contribution in [0.25, 0.3) is 21.2 Å². The Bertz CT molecular complexity index is 668. The number of hydrogen-bond donors (Lipinski definition) is 0. The van der Waals surface area contributed by atoms with Gasteiger partial charge in [-0.1, -0.05) is 41.4 Å². The fraction of sp³-hybridized carbons (Fsp3) is 0. The summed E-state index contributed by atoms with van der Waals surface area (Å²) < 4.78 is 1.21. The third-order valence-electron chi connectivity index (χ3n) is 2.70. The highest BCUT2D eigenvalue weighted by molar-refractivity contribution is 7.17. The molecule has 0 fully saturated rings. The maximum absolute atomic E-state index is 6.27. The molecule has 3 heteroatoms. The summed E-state index contributed by atoms with van der Waals surface area (Å²) in [4.78, 5) is 0. The fourth-order valence-corrected chi connectivity index (χ4v) is 3.34. The molecule has 0 unspecified atom stereocenters. The van der Waals surface area contributed by atoms with Crippen LogP contribution in [-0.4, -0.2) is 0 Å². The summed E-state index contributed by atoms with van der Waals surface area (Å²) in [7, 11) is 0.